The summed E-state index contributed by atoms with van der Waals surface area (Å²) in [6.45, 7) is 4.28. The van der Waals surface area contributed by atoms with E-state index in [1.54, 1.807) is 24.3 Å². The van der Waals surface area contributed by atoms with Crippen molar-refractivity contribution >= 4 is 17.9 Å². The van der Waals surface area contributed by atoms with E-state index in [0.29, 0.717) is 31.8 Å². The molecule has 0 aromatic heterocycles. The first-order valence-corrected chi connectivity index (χ1v) is 10.4. The van der Waals surface area contributed by atoms with Crippen LogP contribution < -0.4 is 4.74 Å². The lowest BCUT2D eigenvalue weighted by Gasteiger charge is -2.37. The summed E-state index contributed by atoms with van der Waals surface area (Å²) in [6.07, 6.45) is 6.80. The van der Waals surface area contributed by atoms with Crippen LogP contribution in [0.2, 0.25) is 0 Å². The predicted octanol–water partition coefficient (Wildman–Crippen LogP) is 4.17. The van der Waals surface area contributed by atoms with E-state index in [9.17, 15) is 24.6 Å². The second kappa shape index (κ2) is 11.4. The van der Waals surface area contributed by atoms with Crippen LogP contribution in [0.4, 0.5) is 0 Å². The molecule has 0 bridgehead atoms. The van der Waals surface area contributed by atoms with Crippen LogP contribution in [0.5, 0.6) is 5.75 Å². The molecule has 2 N–H and O–H groups in total. The SMILES string of the molecule is C=CC(=O)OCCCCCCOc1ccc(C2CCCCC2(C(=O)O)C(=O)O)cc1. The first kappa shape index (κ1) is 23.4. The van der Waals surface area contributed by atoms with Crippen molar-refractivity contribution in [2.45, 2.75) is 57.3 Å². The minimum Gasteiger partial charge on any atom is -0.494 e. The lowest BCUT2D eigenvalue weighted by molar-refractivity contribution is -0.169. The van der Waals surface area contributed by atoms with Crippen molar-refractivity contribution < 1.29 is 34.1 Å². The zero-order valence-corrected chi connectivity index (χ0v) is 17.2. The summed E-state index contributed by atoms with van der Waals surface area (Å²) < 4.78 is 10.6. The average Bonchev–Trinajstić information content (AvgIpc) is 2.75. The lowest BCUT2D eigenvalue weighted by Crippen LogP contribution is -2.46. The Hall–Kier alpha value is -2.83. The van der Waals surface area contributed by atoms with Gasteiger partial charge in [0.1, 0.15) is 5.75 Å². The first-order valence-electron chi connectivity index (χ1n) is 10.4. The first-order chi connectivity index (χ1) is 14.4. The summed E-state index contributed by atoms with van der Waals surface area (Å²) in [7, 11) is 0. The molecule has 0 saturated heterocycles. The molecule has 1 aromatic rings. The van der Waals surface area contributed by atoms with E-state index in [0.717, 1.165) is 43.7 Å². The van der Waals surface area contributed by atoms with Crippen LogP contribution in [-0.4, -0.2) is 41.3 Å². The summed E-state index contributed by atoms with van der Waals surface area (Å²) in [5.41, 5.74) is -1.04. The van der Waals surface area contributed by atoms with Crippen molar-refractivity contribution in [1.29, 1.82) is 0 Å². The molecule has 1 aliphatic rings. The van der Waals surface area contributed by atoms with Crippen molar-refractivity contribution in [3.8, 4) is 5.75 Å². The molecule has 1 aromatic carbocycles. The van der Waals surface area contributed by atoms with Crippen molar-refractivity contribution in [3.63, 3.8) is 0 Å². The highest BCUT2D eigenvalue weighted by atomic mass is 16.5. The molecule has 0 amide bonds. The lowest BCUT2D eigenvalue weighted by atomic mass is 9.63. The third-order valence-electron chi connectivity index (χ3n) is 5.67. The van der Waals surface area contributed by atoms with Crippen LogP contribution >= 0.6 is 0 Å². The van der Waals surface area contributed by atoms with Gasteiger partial charge in [-0.05, 0) is 56.2 Å². The quantitative estimate of drug-likeness (QED) is 0.227. The number of benzene rings is 1. The highest BCUT2D eigenvalue weighted by Gasteiger charge is 2.54. The summed E-state index contributed by atoms with van der Waals surface area (Å²) >= 11 is 0. The van der Waals surface area contributed by atoms with Gasteiger partial charge in [0, 0.05) is 12.0 Å². The van der Waals surface area contributed by atoms with Crippen LogP contribution in [0.3, 0.4) is 0 Å². The molecule has 164 valence electrons. The zero-order chi connectivity index (χ0) is 22.0. The monoisotopic (exact) mass is 418 g/mol. The fourth-order valence-electron chi connectivity index (χ4n) is 4.00. The number of hydrogen-bond acceptors (Lipinski definition) is 5. The van der Waals surface area contributed by atoms with Gasteiger partial charge in [-0.1, -0.05) is 31.6 Å². The molecular weight excluding hydrogens is 388 g/mol. The molecule has 7 nitrogen and oxygen atoms in total. The van der Waals surface area contributed by atoms with Crippen molar-refractivity contribution in [1.82, 2.24) is 0 Å². The third-order valence-corrected chi connectivity index (χ3v) is 5.67. The Balaban J connectivity index is 1.82. The fraction of sp³-hybridized carbons (Fsp3) is 0.522. The maximum atomic E-state index is 11.9. The molecule has 30 heavy (non-hydrogen) atoms. The van der Waals surface area contributed by atoms with Crippen LogP contribution in [-0.2, 0) is 19.1 Å². The molecule has 0 aliphatic heterocycles. The fourth-order valence-corrected chi connectivity index (χ4v) is 4.00. The Morgan fingerprint density at radius 3 is 2.23 bits per heavy atom. The molecule has 2 rings (SSSR count). The van der Waals surface area contributed by atoms with Gasteiger partial charge in [0.2, 0.25) is 0 Å². The number of esters is 1. The van der Waals surface area contributed by atoms with E-state index >= 15 is 0 Å². The minimum atomic E-state index is -1.76. The largest absolute Gasteiger partial charge is 0.494 e. The zero-order valence-electron chi connectivity index (χ0n) is 17.2. The summed E-state index contributed by atoms with van der Waals surface area (Å²) in [5.74, 6) is -2.81. The second-order valence-electron chi connectivity index (χ2n) is 7.58. The van der Waals surface area contributed by atoms with Crippen LogP contribution in [0.25, 0.3) is 0 Å². The van der Waals surface area contributed by atoms with E-state index < -0.39 is 29.2 Å². The summed E-state index contributed by atoms with van der Waals surface area (Å²) in [6, 6.07) is 7.10. The van der Waals surface area contributed by atoms with E-state index in [4.69, 9.17) is 9.47 Å². The Bertz CT molecular complexity index is 724. The molecule has 7 heteroatoms. The van der Waals surface area contributed by atoms with E-state index in [-0.39, 0.29) is 6.42 Å². The summed E-state index contributed by atoms with van der Waals surface area (Å²) in [4.78, 5) is 34.6. The average molecular weight is 418 g/mol. The van der Waals surface area contributed by atoms with Gasteiger partial charge in [-0.25, -0.2) is 4.79 Å². The van der Waals surface area contributed by atoms with Gasteiger partial charge < -0.3 is 19.7 Å². The highest BCUT2D eigenvalue weighted by molar-refractivity contribution is 5.99. The molecule has 1 fully saturated rings. The Morgan fingerprint density at radius 2 is 1.63 bits per heavy atom. The Kier molecular flexibility index (Phi) is 8.89. The molecule has 1 atom stereocenters. The molecule has 1 saturated carbocycles. The molecule has 1 aliphatic carbocycles. The van der Waals surface area contributed by atoms with Crippen molar-refractivity contribution in [2.75, 3.05) is 13.2 Å². The topological polar surface area (TPSA) is 110 Å². The van der Waals surface area contributed by atoms with Gasteiger partial charge in [0.05, 0.1) is 13.2 Å². The number of aliphatic carboxylic acids is 2. The van der Waals surface area contributed by atoms with Gasteiger partial charge in [0.15, 0.2) is 5.41 Å². The highest BCUT2D eigenvalue weighted by Crippen LogP contribution is 2.48. The van der Waals surface area contributed by atoms with Crippen LogP contribution in [0, 0.1) is 5.41 Å². The molecule has 0 spiro atoms. The third kappa shape index (κ3) is 5.84. The molecular formula is C23H30O7. The van der Waals surface area contributed by atoms with E-state index in [1.165, 1.54) is 0 Å². The number of carbonyl (C=O) groups excluding carboxylic acids is 1. The molecule has 1 unspecified atom stereocenters. The summed E-state index contributed by atoms with van der Waals surface area (Å²) in [5, 5.41) is 19.3. The van der Waals surface area contributed by atoms with E-state index in [2.05, 4.69) is 6.58 Å². The van der Waals surface area contributed by atoms with Crippen molar-refractivity contribution in [3.05, 3.63) is 42.5 Å². The number of unbranched alkanes of at least 4 members (excludes halogenated alkanes) is 3. The normalized spacial score (nSPS) is 17.7. The van der Waals surface area contributed by atoms with Gasteiger partial charge in [0.25, 0.3) is 0 Å². The molecule has 0 radical (unpaired) electrons. The van der Waals surface area contributed by atoms with Gasteiger partial charge in [-0.2, -0.15) is 0 Å². The van der Waals surface area contributed by atoms with Crippen LogP contribution in [0.1, 0.15) is 62.8 Å². The molecule has 0 heterocycles. The minimum absolute atomic E-state index is 0.146. The number of carboxylic acids is 2. The van der Waals surface area contributed by atoms with Crippen molar-refractivity contribution in [2.24, 2.45) is 5.41 Å². The van der Waals surface area contributed by atoms with Gasteiger partial charge in [-0.3, -0.25) is 9.59 Å². The standard InChI is InChI=1S/C23H30O7/c1-2-20(24)30-16-8-4-3-7-15-29-18-12-10-17(11-13-18)19-9-5-6-14-23(19,21(25)26)22(27)28/h2,10-13,19H,1,3-9,14-16H2,(H,25,26)(H,27,28). The van der Waals surface area contributed by atoms with E-state index in [1.807, 2.05) is 0 Å². The van der Waals surface area contributed by atoms with Gasteiger partial charge >= 0.3 is 17.9 Å². The Labute approximate surface area is 176 Å². The maximum Gasteiger partial charge on any atom is 0.330 e. The number of hydrogen-bond donors (Lipinski definition) is 2. The smallest absolute Gasteiger partial charge is 0.330 e. The Morgan fingerprint density at radius 1 is 1.00 bits per heavy atom. The number of carbonyl (C=O) groups is 3. The van der Waals surface area contributed by atoms with Gasteiger partial charge in [-0.15, -0.1) is 0 Å². The second-order valence-corrected chi connectivity index (χ2v) is 7.58. The number of ether oxygens (including phenoxy) is 2. The maximum absolute atomic E-state index is 11.9. The predicted molar refractivity (Wildman–Crippen MR) is 110 cm³/mol. The number of rotatable bonds is 12. The number of carboxylic acid groups (broad SMARTS) is 2. The van der Waals surface area contributed by atoms with Crippen LogP contribution in [0.15, 0.2) is 36.9 Å².